The van der Waals surface area contributed by atoms with Gasteiger partial charge in [0, 0.05) is 37.6 Å². The summed E-state index contributed by atoms with van der Waals surface area (Å²) < 4.78 is 5.43. The number of rotatable bonds is 4. The smallest absolute Gasteiger partial charge is 0.336 e. The van der Waals surface area contributed by atoms with Crippen LogP contribution in [0.25, 0.3) is 11.0 Å². The quantitative estimate of drug-likeness (QED) is 0.863. The molecule has 1 N–H and O–H groups in total. The van der Waals surface area contributed by atoms with E-state index in [9.17, 15) is 9.90 Å². The van der Waals surface area contributed by atoms with Gasteiger partial charge in [0.15, 0.2) is 0 Å². The summed E-state index contributed by atoms with van der Waals surface area (Å²) >= 11 is 0. The lowest BCUT2D eigenvalue weighted by Gasteiger charge is -2.39. The van der Waals surface area contributed by atoms with E-state index in [1.807, 2.05) is 32.0 Å². The molecule has 2 heterocycles. The Morgan fingerprint density at radius 3 is 2.52 bits per heavy atom. The van der Waals surface area contributed by atoms with Gasteiger partial charge in [-0.3, -0.25) is 4.90 Å². The van der Waals surface area contributed by atoms with E-state index >= 15 is 0 Å². The minimum absolute atomic E-state index is 0.296. The first-order valence-electron chi connectivity index (χ1n) is 8.89. The lowest BCUT2D eigenvalue weighted by Crippen LogP contribution is -2.49. The topological polar surface area (TPSA) is 56.9 Å². The van der Waals surface area contributed by atoms with Crippen LogP contribution in [0.1, 0.15) is 29.5 Å². The van der Waals surface area contributed by atoms with Crippen LogP contribution in [0.15, 0.2) is 27.4 Å². The molecule has 1 saturated heterocycles. The van der Waals surface area contributed by atoms with Crippen molar-refractivity contribution in [1.29, 1.82) is 0 Å². The third kappa shape index (κ3) is 4.11. The Hall–Kier alpha value is -1.69. The Balaban J connectivity index is 1.81. The van der Waals surface area contributed by atoms with Gasteiger partial charge in [-0.1, -0.05) is 6.07 Å². The van der Waals surface area contributed by atoms with Gasteiger partial charge >= 0.3 is 5.63 Å². The lowest BCUT2D eigenvalue weighted by atomic mass is 9.90. The van der Waals surface area contributed by atoms with Crippen molar-refractivity contribution < 1.29 is 9.52 Å². The summed E-state index contributed by atoms with van der Waals surface area (Å²) in [4.78, 5) is 16.3. The van der Waals surface area contributed by atoms with Crippen molar-refractivity contribution in [3.05, 3.63) is 45.3 Å². The average molecular weight is 344 g/mol. The first-order valence-corrected chi connectivity index (χ1v) is 8.89. The molecule has 1 fully saturated rings. The zero-order chi connectivity index (χ0) is 18.2. The number of fused-ring (bicyclic) bond motifs is 1. The fraction of sp³-hybridized carbons (Fsp3) is 0.550. The standard InChI is InChI=1S/C20H28N2O3/c1-14-9-15(2)19-17(10-14)16(11-18(23)25-19)12-22-7-5-20(24,6-8-22)13-21(3)4/h9-11,24H,5-8,12-13H2,1-4H3. The van der Waals surface area contributed by atoms with Crippen molar-refractivity contribution in [3.63, 3.8) is 0 Å². The summed E-state index contributed by atoms with van der Waals surface area (Å²) in [6, 6.07) is 5.74. The molecule has 1 aliphatic rings. The van der Waals surface area contributed by atoms with Crippen molar-refractivity contribution in [2.24, 2.45) is 0 Å². The molecule has 0 saturated carbocycles. The van der Waals surface area contributed by atoms with Crippen LogP contribution in [0.4, 0.5) is 0 Å². The molecule has 0 radical (unpaired) electrons. The van der Waals surface area contributed by atoms with Gasteiger partial charge in [-0.05, 0) is 63.5 Å². The van der Waals surface area contributed by atoms with Crippen LogP contribution in [0.5, 0.6) is 0 Å². The second kappa shape index (κ2) is 6.90. The van der Waals surface area contributed by atoms with Crippen LogP contribution < -0.4 is 5.63 Å². The van der Waals surface area contributed by atoms with E-state index in [-0.39, 0.29) is 5.63 Å². The summed E-state index contributed by atoms with van der Waals surface area (Å²) in [6.07, 6.45) is 1.51. The van der Waals surface area contributed by atoms with Crippen molar-refractivity contribution in [3.8, 4) is 0 Å². The molecule has 3 rings (SSSR count). The van der Waals surface area contributed by atoms with Gasteiger partial charge in [-0.2, -0.15) is 0 Å². The van der Waals surface area contributed by atoms with Crippen molar-refractivity contribution >= 4 is 11.0 Å². The van der Waals surface area contributed by atoms with E-state index in [0.717, 1.165) is 42.4 Å². The zero-order valence-corrected chi connectivity index (χ0v) is 15.6. The number of hydrogen-bond donors (Lipinski definition) is 1. The monoisotopic (exact) mass is 344 g/mol. The van der Waals surface area contributed by atoms with Crippen LogP contribution in [-0.2, 0) is 6.54 Å². The maximum atomic E-state index is 12.0. The van der Waals surface area contributed by atoms with Gasteiger partial charge < -0.3 is 14.4 Å². The van der Waals surface area contributed by atoms with Crippen LogP contribution >= 0.6 is 0 Å². The van der Waals surface area contributed by atoms with Crippen molar-refractivity contribution in [1.82, 2.24) is 9.80 Å². The average Bonchev–Trinajstić information content (AvgIpc) is 2.50. The third-order valence-corrected chi connectivity index (χ3v) is 5.05. The second-order valence-corrected chi connectivity index (χ2v) is 7.79. The number of nitrogens with zero attached hydrogens (tertiary/aromatic N) is 2. The van der Waals surface area contributed by atoms with E-state index < -0.39 is 5.60 Å². The van der Waals surface area contributed by atoms with Gasteiger partial charge in [0.05, 0.1) is 5.60 Å². The highest BCUT2D eigenvalue weighted by Crippen LogP contribution is 2.27. The Kier molecular flexibility index (Phi) is 5.00. The molecule has 1 aliphatic heterocycles. The van der Waals surface area contributed by atoms with Gasteiger partial charge in [-0.15, -0.1) is 0 Å². The molecule has 5 nitrogen and oxygen atoms in total. The van der Waals surface area contributed by atoms with E-state index in [1.54, 1.807) is 6.07 Å². The highest BCUT2D eigenvalue weighted by atomic mass is 16.4. The number of benzene rings is 1. The Bertz CT molecular complexity index is 818. The molecule has 0 amide bonds. The minimum Gasteiger partial charge on any atom is -0.422 e. The van der Waals surface area contributed by atoms with Crippen LogP contribution in [-0.4, -0.2) is 54.2 Å². The van der Waals surface area contributed by atoms with Crippen molar-refractivity contribution in [2.75, 3.05) is 33.7 Å². The van der Waals surface area contributed by atoms with Gasteiger partial charge in [-0.25, -0.2) is 4.79 Å². The number of piperidine rings is 1. The highest BCUT2D eigenvalue weighted by Gasteiger charge is 2.32. The normalized spacial score (nSPS) is 18.2. The Labute approximate surface area is 148 Å². The van der Waals surface area contributed by atoms with E-state index in [1.165, 1.54) is 5.56 Å². The molecule has 1 aromatic carbocycles. The second-order valence-electron chi connectivity index (χ2n) is 7.79. The molecule has 2 aromatic rings. The molecule has 0 bridgehead atoms. The Morgan fingerprint density at radius 1 is 1.20 bits per heavy atom. The maximum Gasteiger partial charge on any atom is 0.336 e. The van der Waals surface area contributed by atoms with Gasteiger partial charge in [0.25, 0.3) is 0 Å². The zero-order valence-electron chi connectivity index (χ0n) is 15.6. The SMILES string of the molecule is Cc1cc(C)c2oc(=O)cc(CN3CCC(O)(CN(C)C)CC3)c2c1. The maximum absolute atomic E-state index is 12.0. The summed E-state index contributed by atoms with van der Waals surface area (Å²) in [5, 5.41) is 11.7. The van der Waals surface area contributed by atoms with Crippen molar-refractivity contribution in [2.45, 2.75) is 38.8 Å². The molecule has 1 aromatic heterocycles. The summed E-state index contributed by atoms with van der Waals surface area (Å²) in [5.41, 5.74) is 2.96. The molecule has 25 heavy (non-hydrogen) atoms. The Morgan fingerprint density at radius 2 is 1.88 bits per heavy atom. The molecule has 5 heteroatoms. The van der Waals surface area contributed by atoms with E-state index in [0.29, 0.717) is 18.7 Å². The van der Waals surface area contributed by atoms with E-state index in [2.05, 4.69) is 17.9 Å². The number of hydrogen-bond acceptors (Lipinski definition) is 5. The van der Waals surface area contributed by atoms with Crippen LogP contribution in [0.3, 0.4) is 0 Å². The fourth-order valence-electron chi connectivity index (χ4n) is 3.92. The molecule has 136 valence electrons. The molecule has 0 spiro atoms. The minimum atomic E-state index is -0.606. The highest BCUT2D eigenvalue weighted by molar-refractivity contribution is 5.83. The fourth-order valence-corrected chi connectivity index (χ4v) is 3.92. The summed E-state index contributed by atoms with van der Waals surface area (Å²) in [5.74, 6) is 0. The third-order valence-electron chi connectivity index (χ3n) is 5.05. The lowest BCUT2D eigenvalue weighted by molar-refractivity contribution is -0.0387. The molecule has 0 atom stereocenters. The molecular weight excluding hydrogens is 316 g/mol. The summed E-state index contributed by atoms with van der Waals surface area (Å²) in [6.45, 7) is 7.10. The molecular formula is C20H28N2O3. The number of aliphatic hydroxyl groups is 1. The van der Waals surface area contributed by atoms with Crippen LogP contribution in [0.2, 0.25) is 0 Å². The predicted octanol–water partition coefficient (Wildman–Crippen LogP) is 2.30. The van der Waals surface area contributed by atoms with E-state index in [4.69, 9.17) is 4.42 Å². The number of aryl methyl sites for hydroxylation is 2. The number of likely N-dealkylation sites (N-methyl/N-ethyl adjacent to an activating group) is 1. The van der Waals surface area contributed by atoms with Gasteiger partial charge in [0.1, 0.15) is 5.58 Å². The number of likely N-dealkylation sites (tertiary alicyclic amines) is 1. The largest absolute Gasteiger partial charge is 0.422 e. The molecule has 0 unspecified atom stereocenters. The van der Waals surface area contributed by atoms with Crippen LogP contribution in [0, 0.1) is 13.8 Å². The molecule has 0 aliphatic carbocycles. The summed E-state index contributed by atoms with van der Waals surface area (Å²) in [7, 11) is 3.98. The first-order chi connectivity index (χ1) is 11.8. The first kappa shape index (κ1) is 18.1. The predicted molar refractivity (Wildman–Crippen MR) is 100.0 cm³/mol. The van der Waals surface area contributed by atoms with Gasteiger partial charge in [0.2, 0.25) is 0 Å².